The Bertz CT molecular complexity index is 667. The molecule has 2 aromatic carbocycles. The number of nitrogens with two attached hydrogens (primary N) is 1. The summed E-state index contributed by atoms with van der Waals surface area (Å²) in [5, 5.41) is 3.01. The average molecular weight is 388 g/mol. The van der Waals surface area contributed by atoms with Gasteiger partial charge in [-0.2, -0.15) is 0 Å². The van der Waals surface area contributed by atoms with Crippen LogP contribution in [0.25, 0.3) is 0 Å². The number of urea groups is 1. The van der Waals surface area contributed by atoms with Gasteiger partial charge in [0.25, 0.3) is 0 Å². The van der Waals surface area contributed by atoms with Gasteiger partial charge in [-0.1, -0.05) is 34.1 Å². The third kappa shape index (κ3) is 4.16. The van der Waals surface area contributed by atoms with Gasteiger partial charge in [0.05, 0.1) is 0 Å². The highest BCUT2D eigenvalue weighted by atomic mass is 79.9. The lowest BCUT2D eigenvalue weighted by atomic mass is 9.90. The SMILES string of the molecule is NC1CCC(N(C(=O)Nc2ccccc2)c2ccc(Br)cc2)CC1. The summed E-state index contributed by atoms with van der Waals surface area (Å²) < 4.78 is 1.00. The summed E-state index contributed by atoms with van der Waals surface area (Å²) in [6.07, 6.45) is 3.77. The summed E-state index contributed by atoms with van der Waals surface area (Å²) in [5.74, 6) is 0. The molecule has 0 saturated heterocycles. The molecule has 24 heavy (non-hydrogen) atoms. The zero-order chi connectivity index (χ0) is 16.9. The smallest absolute Gasteiger partial charge is 0.326 e. The van der Waals surface area contributed by atoms with Crippen molar-refractivity contribution in [1.29, 1.82) is 0 Å². The molecule has 1 fully saturated rings. The molecule has 2 amide bonds. The first-order valence-corrected chi connectivity index (χ1v) is 9.09. The van der Waals surface area contributed by atoms with Crippen LogP contribution >= 0.6 is 15.9 Å². The van der Waals surface area contributed by atoms with Crippen LogP contribution in [0.15, 0.2) is 59.1 Å². The Hall–Kier alpha value is -1.85. The van der Waals surface area contributed by atoms with E-state index in [9.17, 15) is 4.79 Å². The molecular weight excluding hydrogens is 366 g/mol. The van der Waals surface area contributed by atoms with E-state index in [1.165, 1.54) is 0 Å². The molecule has 0 radical (unpaired) electrons. The number of amides is 2. The predicted octanol–water partition coefficient (Wildman–Crippen LogP) is 4.76. The summed E-state index contributed by atoms with van der Waals surface area (Å²) >= 11 is 3.45. The number of hydrogen-bond acceptors (Lipinski definition) is 2. The topological polar surface area (TPSA) is 58.4 Å². The highest BCUT2D eigenvalue weighted by Crippen LogP contribution is 2.29. The highest BCUT2D eigenvalue weighted by Gasteiger charge is 2.29. The van der Waals surface area contributed by atoms with Crippen molar-refractivity contribution in [3.8, 4) is 0 Å². The number of nitrogens with zero attached hydrogens (tertiary/aromatic N) is 1. The first-order chi connectivity index (χ1) is 11.6. The van der Waals surface area contributed by atoms with Gasteiger partial charge in [0, 0.05) is 27.9 Å². The van der Waals surface area contributed by atoms with Crippen LogP contribution in [0, 0.1) is 0 Å². The van der Waals surface area contributed by atoms with Gasteiger partial charge in [-0.15, -0.1) is 0 Å². The molecule has 1 aliphatic rings. The monoisotopic (exact) mass is 387 g/mol. The predicted molar refractivity (Wildman–Crippen MR) is 102 cm³/mol. The maximum absolute atomic E-state index is 13.0. The lowest BCUT2D eigenvalue weighted by molar-refractivity contribution is 0.251. The van der Waals surface area contributed by atoms with Crippen molar-refractivity contribution in [3.05, 3.63) is 59.1 Å². The highest BCUT2D eigenvalue weighted by molar-refractivity contribution is 9.10. The Morgan fingerprint density at radius 1 is 1.00 bits per heavy atom. The van der Waals surface area contributed by atoms with E-state index in [1.807, 2.05) is 59.5 Å². The maximum atomic E-state index is 13.0. The second-order valence-corrected chi connectivity index (χ2v) is 7.13. The van der Waals surface area contributed by atoms with Gasteiger partial charge in [0.1, 0.15) is 0 Å². The molecule has 0 heterocycles. The number of halogens is 1. The number of nitrogens with one attached hydrogen (secondary N) is 1. The largest absolute Gasteiger partial charge is 0.328 e. The molecule has 0 unspecified atom stereocenters. The van der Waals surface area contributed by atoms with Crippen molar-refractivity contribution in [2.75, 3.05) is 10.2 Å². The van der Waals surface area contributed by atoms with Crippen molar-refractivity contribution >= 4 is 33.3 Å². The average Bonchev–Trinajstić information content (AvgIpc) is 2.59. The second-order valence-electron chi connectivity index (χ2n) is 6.21. The number of hydrogen-bond donors (Lipinski definition) is 2. The summed E-state index contributed by atoms with van der Waals surface area (Å²) in [4.78, 5) is 14.8. The lowest BCUT2D eigenvalue weighted by Gasteiger charge is -2.36. The van der Waals surface area contributed by atoms with Crippen molar-refractivity contribution < 1.29 is 4.79 Å². The molecular formula is C19H22BrN3O. The van der Waals surface area contributed by atoms with Crippen molar-refractivity contribution in [2.45, 2.75) is 37.8 Å². The summed E-state index contributed by atoms with van der Waals surface area (Å²) in [7, 11) is 0. The van der Waals surface area contributed by atoms with Gasteiger partial charge in [-0.25, -0.2) is 4.79 Å². The fourth-order valence-electron chi connectivity index (χ4n) is 3.16. The number of carbonyl (C=O) groups excluding carboxylic acids is 1. The normalized spacial score (nSPS) is 20.4. The maximum Gasteiger partial charge on any atom is 0.326 e. The van der Waals surface area contributed by atoms with Crippen LogP contribution in [0.3, 0.4) is 0 Å². The zero-order valence-electron chi connectivity index (χ0n) is 13.5. The summed E-state index contributed by atoms with van der Waals surface area (Å²) in [6, 6.07) is 17.8. The molecule has 1 aliphatic carbocycles. The number of para-hydroxylation sites is 1. The molecule has 3 rings (SSSR count). The molecule has 126 valence electrons. The quantitative estimate of drug-likeness (QED) is 0.797. The van der Waals surface area contributed by atoms with Crippen molar-refractivity contribution in [3.63, 3.8) is 0 Å². The molecule has 3 N–H and O–H groups in total. The van der Waals surface area contributed by atoms with Crippen LogP contribution in [0.5, 0.6) is 0 Å². The van der Waals surface area contributed by atoms with E-state index in [4.69, 9.17) is 5.73 Å². The molecule has 5 heteroatoms. The van der Waals surface area contributed by atoms with Gasteiger partial charge < -0.3 is 11.1 Å². The minimum Gasteiger partial charge on any atom is -0.328 e. The Morgan fingerprint density at radius 2 is 1.62 bits per heavy atom. The van der Waals surface area contributed by atoms with Crippen LogP contribution in [-0.2, 0) is 0 Å². The second kappa shape index (κ2) is 7.81. The number of benzene rings is 2. The molecule has 0 aliphatic heterocycles. The van der Waals surface area contributed by atoms with Gasteiger partial charge in [0.2, 0.25) is 0 Å². The molecule has 1 saturated carbocycles. The van der Waals surface area contributed by atoms with Crippen molar-refractivity contribution in [2.24, 2.45) is 5.73 Å². The molecule has 0 aromatic heterocycles. The van der Waals surface area contributed by atoms with Crippen LogP contribution in [0.2, 0.25) is 0 Å². The Kier molecular flexibility index (Phi) is 5.53. The van der Waals surface area contributed by atoms with E-state index in [0.717, 1.165) is 41.5 Å². The third-order valence-electron chi connectivity index (χ3n) is 4.46. The van der Waals surface area contributed by atoms with E-state index in [0.29, 0.717) is 0 Å². The van der Waals surface area contributed by atoms with Crippen LogP contribution in [0.1, 0.15) is 25.7 Å². The van der Waals surface area contributed by atoms with E-state index < -0.39 is 0 Å². The third-order valence-corrected chi connectivity index (χ3v) is 4.98. The minimum atomic E-state index is -0.0935. The summed E-state index contributed by atoms with van der Waals surface area (Å²) in [5.41, 5.74) is 7.74. The molecule has 4 nitrogen and oxygen atoms in total. The number of carbonyl (C=O) groups is 1. The Labute approximate surface area is 151 Å². The van der Waals surface area contributed by atoms with E-state index in [2.05, 4.69) is 21.2 Å². The fourth-order valence-corrected chi connectivity index (χ4v) is 3.42. The van der Waals surface area contributed by atoms with Crippen LogP contribution in [0.4, 0.5) is 16.2 Å². The van der Waals surface area contributed by atoms with Gasteiger partial charge in [0.15, 0.2) is 0 Å². The molecule has 0 atom stereocenters. The van der Waals surface area contributed by atoms with Crippen LogP contribution < -0.4 is 16.0 Å². The molecule has 0 spiro atoms. The lowest BCUT2D eigenvalue weighted by Crippen LogP contribution is -2.46. The zero-order valence-corrected chi connectivity index (χ0v) is 15.1. The molecule has 0 bridgehead atoms. The standard InChI is InChI=1S/C19H22BrN3O/c20-14-6-10-17(11-7-14)23(18-12-8-15(21)9-13-18)19(24)22-16-4-2-1-3-5-16/h1-7,10-11,15,18H,8-9,12-13,21H2,(H,22,24). The Morgan fingerprint density at radius 3 is 2.25 bits per heavy atom. The van der Waals surface area contributed by atoms with Gasteiger partial charge in [-0.05, 0) is 62.1 Å². The summed E-state index contributed by atoms with van der Waals surface area (Å²) in [6.45, 7) is 0. The van der Waals surface area contributed by atoms with E-state index >= 15 is 0 Å². The van der Waals surface area contributed by atoms with Gasteiger partial charge >= 0.3 is 6.03 Å². The van der Waals surface area contributed by atoms with E-state index in [1.54, 1.807) is 0 Å². The number of anilines is 2. The van der Waals surface area contributed by atoms with Crippen LogP contribution in [-0.4, -0.2) is 18.1 Å². The first kappa shape index (κ1) is 17.0. The van der Waals surface area contributed by atoms with Gasteiger partial charge in [-0.3, -0.25) is 4.90 Å². The van der Waals surface area contributed by atoms with Crippen molar-refractivity contribution in [1.82, 2.24) is 0 Å². The molecule has 2 aromatic rings. The first-order valence-electron chi connectivity index (χ1n) is 8.30. The minimum absolute atomic E-state index is 0.0935. The Balaban J connectivity index is 1.83. The fraction of sp³-hybridized carbons (Fsp3) is 0.316. The number of rotatable bonds is 3. The van der Waals surface area contributed by atoms with E-state index in [-0.39, 0.29) is 18.1 Å².